The average molecular weight is 404 g/mol. The van der Waals surface area contributed by atoms with Crippen molar-refractivity contribution in [3.05, 3.63) is 68.2 Å². The second-order valence-corrected chi connectivity index (χ2v) is 5.40. The van der Waals surface area contributed by atoms with Gasteiger partial charge in [0.2, 0.25) is 0 Å². The molecule has 1 amide bonds. The summed E-state index contributed by atoms with van der Waals surface area (Å²) < 4.78 is 38.4. The first-order valence-electron chi connectivity index (χ1n) is 6.36. The van der Waals surface area contributed by atoms with Gasteiger partial charge in [-0.25, -0.2) is 0 Å². The highest BCUT2D eigenvalue weighted by atomic mass is 79.9. The van der Waals surface area contributed by atoms with Crippen LogP contribution in [0.5, 0.6) is 0 Å². The summed E-state index contributed by atoms with van der Waals surface area (Å²) in [7, 11) is 0. The second kappa shape index (κ2) is 6.87. The first-order chi connectivity index (χ1) is 11.2. The van der Waals surface area contributed by atoms with Gasteiger partial charge in [0, 0.05) is 10.5 Å². The minimum atomic E-state index is -4.71. The molecule has 2 rings (SSSR count). The summed E-state index contributed by atoms with van der Waals surface area (Å²) in [5, 5.41) is 10.9. The number of alkyl halides is 3. The number of nitro benzene ring substituents is 1. The van der Waals surface area contributed by atoms with E-state index >= 15 is 0 Å². The van der Waals surface area contributed by atoms with Crippen LogP contribution in [0.2, 0.25) is 0 Å². The number of rotatable bonds is 4. The number of amides is 1. The molecule has 0 aliphatic carbocycles. The summed E-state index contributed by atoms with van der Waals surface area (Å²) >= 11 is 3.17. The Kier molecular flexibility index (Phi) is 5.07. The molecule has 0 aliphatic heterocycles. The molecule has 0 saturated heterocycles. The maximum Gasteiger partial charge on any atom is 0.416 e. The fourth-order valence-corrected chi connectivity index (χ4v) is 2.27. The van der Waals surface area contributed by atoms with E-state index in [0.29, 0.717) is 16.6 Å². The number of nitrogens with one attached hydrogen (secondary N) is 2. The molecule has 0 unspecified atom stereocenters. The Morgan fingerprint density at radius 2 is 1.83 bits per heavy atom. The molecule has 10 heteroatoms. The maximum atomic E-state index is 12.6. The van der Waals surface area contributed by atoms with E-state index in [-0.39, 0.29) is 11.3 Å². The van der Waals surface area contributed by atoms with Gasteiger partial charge < -0.3 is 0 Å². The van der Waals surface area contributed by atoms with E-state index in [1.165, 1.54) is 6.07 Å². The number of benzene rings is 2. The number of carbonyl (C=O) groups excluding carboxylic acids is 1. The van der Waals surface area contributed by atoms with E-state index in [1.54, 1.807) is 18.2 Å². The largest absolute Gasteiger partial charge is 0.416 e. The van der Waals surface area contributed by atoms with Crippen molar-refractivity contribution in [3.63, 3.8) is 0 Å². The first kappa shape index (κ1) is 17.7. The molecule has 2 aromatic carbocycles. The molecule has 0 spiro atoms. The zero-order valence-corrected chi connectivity index (χ0v) is 13.3. The topological polar surface area (TPSA) is 84.3 Å². The molecule has 2 N–H and O–H groups in total. The number of nitrogens with zero attached hydrogens (tertiary/aromatic N) is 1. The van der Waals surface area contributed by atoms with Gasteiger partial charge in [-0.15, -0.1) is 0 Å². The van der Waals surface area contributed by atoms with Crippen LogP contribution in [0.15, 0.2) is 46.9 Å². The van der Waals surface area contributed by atoms with Gasteiger partial charge in [0.15, 0.2) is 0 Å². The molecule has 0 bridgehead atoms. The van der Waals surface area contributed by atoms with Gasteiger partial charge in [-0.2, -0.15) is 13.2 Å². The van der Waals surface area contributed by atoms with Crippen molar-refractivity contribution >= 4 is 33.2 Å². The van der Waals surface area contributed by atoms with E-state index < -0.39 is 28.3 Å². The molecule has 0 heterocycles. The van der Waals surface area contributed by atoms with Crippen LogP contribution in [0, 0.1) is 10.1 Å². The summed E-state index contributed by atoms with van der Waals surface area (Å²) in [6.07, 6.45) is -4.71. The third-order valence-corrected chi connectivity index (χ3v) is 3.64. The van der Waals surface area contributed by atoms with E-state index in [2.05, 4.69) is 26.8 Å². The van der Waals surface area contributed by atoms with Crippen molar-refractivity contribution in [1.29, 1.82) is 0 Å². The Balaban J connectivity index is 2.22. The Morgan fingerprint density at radius 1 is 1.17 bits per heavy atom. The lowest BCUT2D eigenvalue weighted by Gasteiger charge is -2.12. The van der Waals surface area contributed by atoms with Crippen molar-refractivity contribution in [2.75, 3.05) is 5.43 Å². The fraction of sp³-hybridized carbons (Fsp3) is 0.0714. The minimum absolute atomic E-state index is 0.250. The Labute approximate surface area is 141 Å². The van der Waals surface area contributed by atoms with Crippen LogP contribution >= 0.6 is 15.9 Å². The van der Waals surface area contributed by atoms with Gasteiger partial charge in [-0.1, -0.05) is 12.1 Å². The molecule has 0 aromatic heterocycles. The lowest BCUT2D eigenvalue weighted by atomic mass is 10.1. The molecule has 0 atom stereocenters. The average Bonchev–Trinajstić information content (AvgIpc) is 2.51. The van der Waals surface area contributed by atoms with Crippen LogP contribution in [0.25, 0.3) is 0 Å². The Morgan fingerprint density at radius 3 is 2.42 bits per heavy atom. The molecular formula is C14H9BrF3N3O3. The number of hydrogen-bond acceptors (Lipinski definition) is 4. The highest BCUT2D eigenvalue weighted by Crippen LogP contribution is 2.34. The SMILES string of the molecule is O=C(NNc1ccc(C(F)(F)F)cc1[N+](=O)[O-])c1ccccc1Br. The predicted molar refractivity (Wildman–Crippen MR) is 83.3 cm³/mol. The summed E-state index contributed by atoms with van der Waals surface area (Å²) in [6, 6.07) is 8.38. The fourth-order valence-electron chi connectivity index (χ4n) is 1.80. The van der Waals surface area contributed by atoms with E-state index in [0.717, 1.165) is 6.07 Å². The van der Waals surface area contributed by atoms with E-state index in [1.807, 2.05) is 0 Å². The summed E-state index contributed by atoms with van der Waals surface area (Å²) in [6.45, 7) is 0. The molecule has 2 aromatic rings. The third-order valence-electron chi connectivity index (χ3n) is 2.95. The lowest BCUT2D eigenvalue weighted by Crippen LogP contribution is -2.30. The molecular weight excluding hydrogens is 395 g/mol. The van der Waals surface area contributed by atoms with Crippen LogP contribution < -0.4 is 10.9 Å². The number of anilines is 1. The van der Waals surface area contributed by atoms with Crippen molar-refractivity contribution < 1.29 is 22.9 Å². The van der Waals surface area contributed by atoms with E-state index in [4.69, 9.17) is 0 Å². The second-order valence-electron chi connectivity index (χ2n) is 4.55. The van der Waals surface area contributed by atoms with Crippen molar-refractivity contribution in [1.82, 2.24) is 5.43 Å². The predicted octanol–water partition coefficient (Wildman–Crippen LogP) is 4.13. The quantitative estimate of drug-likeness (QED) is 0.593. The summed E-state index contributed by atoms with van der Waals surface area (Å²) in [5.74, 6) is -0.614. The number of carbonyl (C=O) groups is 1. The van der Waals surface area contributed by atoms with Crippen LogP contribution in [0.3, 0.4) is 0 Å². The lowest BCUT2D eigenvalue weighted by molar-refractivity contribution is -0.384. The minimum Gasteiger partial charge on any atom is -0.292 e. The molecule has 126 valence electrons. The highest BCUT2D eigenvalue weighted by Gasteiger charge is 2.33. The van der Waals surface area contributed by atoms with Crippen LogP contribution in [-0.4, -0.2) is 10.8 Å². The number of halogens is 4. The summed E-state index contributed by atoms with van der Waals surface area (Å²) in [4.78, 5) is 22.0. The van der Waals surface area contributed by atoms with Crippen LogP contribution in [0.4, 0.5) is 24.5 Å². The van der Waals surface area contributed by atoms with Gasteiger partial charge in [0.25, 0.3) is 11.6 Å². The Hall–Kier alpha value is -2.62. The van der Waals surface area contributed by atoms with Gasteiger partial charge in [-0.3, -0.25) is 25.8 Å². The molecule has 24 heavy (non-hydrogen) atoms. The zero-order chi connectivity index (χ0) is 17.9. The number of nitro groups is 1. The van der Waals surface area contributed by atoms with E-state index in [9.17, 15) is 28.1 Å². The normalized spacial score (nSPS) is 11.0. The Bertz CT molecular complexity index is 796. The number of hydrazine groups is 1. The van der Waals surface area contributed by atoms with Gasteiger partial charge >= 0.3 is 6.18 Å². The van der Waals surface area contributed by atoms with Crippen LogP contribution in [0.1, 0.15) is 15.9 Å². The van der Waals surface area contributed by atoms with Gasteiger partial charge in [0.1, 0.15) is 5.69 Å². The van der Waals surface area contributed by atoms with Crippen molar-refractivity contribution in [2.24, 2.45) is 0 Å². The maximum absolute atomic E-state index is 12.6. The molecule has 0 fully saturated rings. The first-order valence-corrected chi connectivity index (χ1v) is 7.16. The molecule has 0 saturated carbocycles. The number of hydrogen-bond donors (Lipinski definition) is 2. The van der Waals surface area contributed by atoms with Crippen molar-refractivity contribution in [2.45, 2.75) is 6.18 Å². The van der Waals surface area contributed by atoms with Crippen LogP contribution in [-0.2, 0) is 6.18 Å². The zero-order valence-electron chi connectivity index (χ0n) is 11.7. The smallest absolute Gasteiger partial charge is 0.292 e. The molecule has 6 nitrogen and oxygen atoms in total. The standard InChI is InChI=1S/C14H9BrF3N3O3/c15-10-4-2-1-3-9(10)13(22)20-19-11-6-5-8(14(16,17)18)7-12(11)21(23)24/h1-7,19H,(H,20,22). The van der Waals surface area contributed by atoms with Gasteiger partial charge in [0.05, 0.1) is 16.1 Å². The molecule has 0 aliphatic rings. The summed E-state index contributed by atoms with van der Waals surface area (Å²) in [5.41, 5.74) is 2.49. The third kappa shape index (κ3) is 4.02. The monoisotopic (exact) mass is 403 g/mol. The van der Waals surface area contributed by atoms with Gasteiger partial charge in [-0.05, 0) is 40.2 Å². The molecule has 0 radical (unpaired) electrons. The van der Waals surface area contributed by atoms with Crippen molar-refractivity contribution in [3.8, 4) is 0 Å². The highest BCUT2D eigenvalue weighted by molar-refractivity contribution is 9.10.